The van der Waals surface area contributed by atoms with E-state index in [9.17, 15) is 0 Å². The maximum atomic E-state index is 5.85. The van der Waals surface area contributed by atoms with E-state index in [1.54, 1.807) is 13.4 Å². The highest BCUT2D eigenvalue weighted by molar-refractivity contribution is 6.12. The predicted molar refractivity (Wildman–Crippen MR) is 130 cm³/mol. The maximum Gasteiger partial charge on any atom is 0.142 e. The number of aromatic nitrogens is 3. The summed E-state index contributed by atoms with van der Waals surface area (Å²) in [5, 5.41) is 9.75. The minimum Gasteiger partial charge on any atom is -0.496 e. The van der Waals surface area contributed by atoms with E-state index in [0.29, 0.717) is 0 Å². The number of hydrogen-bond acceptors (Lipinski definition) is 6. The molecule has 0 amide bonds. The predicted octanol–water partition coefficient (Wildman–Crippen LogP) is 4.75. The van der Waals surface area contributed by atoms with Crippen molar-refractivity contribution in [3.05, 3.63) is 71.4 Å². The third kappa shape index (κ3) is 2.99. The minimum atomic E-state index is -0.0473. The van der Waals surface area contributed by atoms with Crippen molar-refractivity contribution in [1.82, 2.24) is 20.3 Å². The lowest BCUT2D eigenvalue weighted by atomic mass is 9.88. The zero-order chi connectivity index (χ0) is 22.7. The van der Waals surface area contributed by atoms with Gasteiger partial charge in [-0.3, -0.25) is 0 Å². The molecule has 7 heteroatoms. The summed E-state index contributed by atoms with van der Waals surface area (Å²) in [4.78, 5) is 18.4. The van der Waals surface area contributed by atoms with E-state index in [4.69, 9.17) is 14.6 Å². The van der Waals surface area contributed by atoms with Crippen molar-refractivity contribution in [3.63, 3.8) is 0 Å². The van der Waals surface area contributed by atoms with E-state index in [1.807, 2.05) is 13.8 Å². The number of ether oxygens (including phenoxy) is 1. The molecule has 166 valence electrons. The zero-order valence-corrected chi connectivity index (χ0v) is 19.0. The van der Waals surface area contributed by atoms with Crippen LogP contribution in [0.3, 0.4) is 0 Å². The first-order valence-corrected chi connectivity index (χ1v) is 11.1. The SMILES string of the molecule is COc1cc2c(cc1C1C(C)=NOC1C)[nH]c1ncnc(C3=C4C=CC=CC4NC(C)=C3)c12. The van der Waals surface area contributed by atoms with E-state index >= 15 is 0 Å². The third-order valence-corrected chi connectivity index (χ3v) is 6.69. The third-order valence-electron chi connectivity index (χ3n) is 6.69. The Morgan fingerprint density at radius 3 is 2.79 bits per heavy atom. The molecular weight excluding hydrogens is 414 g/mol. The smallest absolute Gasteiger partial charge is 0.142 e. The molecule has 33 heavy (non-hydrogen) atoms. The molecule has 0 saturated carbocycles. The number of H-pyrrole nitrogens is 1. The average Bonchev–Trinajstić information content (AvgIpc) is 3.35. The van der Waals surface area contributed by atoms with E-state index in [0.717, 1.165) is 55.9 Å². The van der Waals surface area contributed by atoms with Crippen LogP contribution in [0.2, 0.25) is 0 Å². The molecule has 3 aliphatic rings. The Morgan fingerprint density at radius 1 is 1.12 bits per heavy atom. The van der Waals surface area contributed by atoms with Crippen molar-refractivity contribution >= 4 is 33.2 Å². The van der Waals surface area contributed by atoms with Gasteiger partial charge in [0.1, 0.15) is 23.8 Å². The van der Waals surface area contributed by atoms with Gasteiger partial charge in [0.25, 0.3) is 0 Å². The van der Waals surface area contributed by atoms with Gasteiger partial charge >= 0.3 is 0 Å². The monoisotopic (exact) mass is 439 g/mol. The summed E-state index contributed by atoms with van der Waals surface area (Å²) in [6, 6.07) is 4.37. The molecule has 0 radical (unpaired) electrons. The highest BCUT2D eigenvalue weighted by atomic mass is 16.6. The fourth-order valence-corrected chi connectivity index (χ4v) is 5.21. The molecule has 2 N–H and O–H groups in total. The highest BCUT2D eigenvalue weighted by Crippen LogP contribution is 2.41. The molecule has 7 nitrogen and oxygen atoms in total. The number of dihydropyridines is 1. The van der Waals surface area contributed by atoms with Crippen LogP contribution in [0.25, 0.3) is 27.5 Å². The largest absolute Gasteiger partial charge is 0.496 e. The number of oxime groups is 1. The van der Waals surface area contributed by atoms with Crippen LogP contribution in [0.1, 0.15) is 37.9 Å². The van der Waals surface area contributed by atoms with Crippen LogP contribution in [0.4, 0.5) is 0 Å². The second-order valence-electron chi connectivity index (χ2n) is 8.79. The normalized spacial score (nSPS) is 23.9. The number of fused-ring (bicyclic) bond motifs is 4. The van der Waals surface area contributed by atoms with Gasteiger partial charge in [-0.05, 0) is 44.6 Å². The summed E-state index contributed by atoms with van der Waals surface area (Å²) in [7, 11) is 1.71. The highest BCUT2D eigenvalue weighted by Gasteiger charge is 2.33. The van der Waals surface area contributed by atoms with Gasteiger partial charge in [-0.2, -0.15) is 0 Å². The minimum absolute atomic E-state index is 0.0428. The van der Waals surface area contributed by atoms with Gasteiger partial charge in [-0.15, -0.1) is 0 Å². The van der Waals surface area contributed by atoms with Crippen LogP contribution in [0.15, 0.2) is 65.3 Å². The van der Waals surface area contributed by atoms with Gasteiger partial charge < -0.3 is 19.9 Å². The summed E-state index contributed by atoms with van der Waals surface area (Å²) in [5.74, 6) is 0.851. The van der Waals surface area contributed by atoms with E-state index in [-0.39, 0.29) is 18.1 Å². The second kappa shape index (κ2) is 7.33. The Balaban J connectivity index is 1.61. The van der Waals surface area contributed by atoms with Crippen LogP contribution in [-0.4, -0.2) is 39.9 Å². The van der Waals surface area contributed by atoms with Crippen LogP contribution in [0.5, 0.6) is 5.75 Å². The lowest BCUT2D eigenvalue weighted by molar-refractivity contribution is 0.0900. The average molecular weight is 440 g/mol. The fourth-order valence-electron chi connectivity index (χ4n) is 5.21. The Bertz CT molecular complexity index is 1460. The maximum absolute atomic E-state index is 5.85. The zero-order valence-electron chi connectivity index (χ0n) is 19.0. The molecule has 0 bridgehead atoms. The molecule has 3 aromatic rings. The Kier molecular flexibility index (Phi) is 4.40. The topological polar surface area (TPSA) is 84.4 Å². The van der Waals surface area contributed by atoms with Crippen molar-refractivity contribution in [1.29, 1.82) is 0 Å². The van der Waals surface area contributed by atoms with E-state index in [1.165, 1.54) is 5.57 Å². The van der Waals surface area contributed by atoms with Gasteiger partial charge in [0.05, 0.1) is 35.9 Å². The summed E-state index contributed by atoms with van der Waals surface area (Å²) in [6.45, 7) is 6.11. The molecule has 0 saturated heterocycles. The van der Waals surface area contributed by atoms with Gasteiger partial charge in [-0.1, -0.05) is 29.5 Å². The number of allylic oxidation sites excluding steroid dienone is 5. The number of hydrogen-bond donors (Lipinski definition) is 2. The van der Waals surface area contributed by atoms with Crippen LogP contribution >= 0.6 is 0 Å². The molecule has 6 rings (SSSR count). The Morgan fingerprint density at radius 2 is 2.00 bits per heavy atom. The number of aromatic amines is 1. The molecule has 2 aromatic heterocycles. The Labute approximate surface area is 191 Å². The molecule has 0 fully saturated rings. The number of rotatable bonds is 3. The number of methoxy groups -OCH3 is 1. The number of nitrogens with one attached hydrogen (secondary N) is 2. The molecule has 0 spiro atoms. The first-order valence-electron chi connectivity index (χ1n) is 11.1. The van der Waals surface area contributed by atoms with Gasteiger partial charge in [0.15, 0.2) is 0 Å². The van der Waals surface area contributed by atoms with Crippen LogP contribution in [0, 0.1) is 0 Å². The molecule has 3 unspecified atom stereocenters. The lowest BCUT2D eigenvalue weighted by Gasteiger charge is -2.27. The number of benzene rings is 1. The summed E-state index contributed by atoms with van der Waals surface area (Å²) >= 11 is 0. The lowest BCUT2D eigenvalue weighted by Crippen LogP contribution is -2.31. The summed E-state index contributed by atoms with van der Waals surface area (Å²) < 4.78 is 5.85. The quantitative estimate of drug-likeness (QED) is 0.615. The van der Waals surface area contributed by atoms with Crippen LogP contribution in [-0.2, 0) is 4.84 Å². The standard InChI is InChI=1S/C26H25N5O2/c1-13-9-17(16-7-5-6-8-20(16)29-13)25-24-18-11-22(32-4)19(23-14(2)31-33-15(23)3)10-21(18)30-26(24)28-12-27-25/h5-12,15,20,23,29H,1-4H3,(H,27,28,30). The molecule has 4 heterocycles. The molecule has 1 aromatic carbocycles. The fraction of sp³-hybridized carbons (Fsp3) is 0.269. The number of nitrogens with zero attached hydrogens (tertiary/aromatic N) is 3. The van der Waals surface area contributed by atoms with Crippen LogP contribution < -0.4 is 10.1 Å². The first kappa shape index (κ1) is 19.8. The Hall–Kier alpha value is -3.87. The van der Waals surface area contributed by atoms with Crippen molar-refractivity contribution in [2.24, 2.45) is 5.16 Å². The second-order valence-corrected chi connectivity index (χ2v) is 8.79. The summed E-state index contributed by atoms with van der Waals surface area (Å²) in [5.41, 5.74) is 8.12. The van der Waals surface area contributed by atoms with Gasteiger partial charge in [0.2, 0.25) is 0 Å². The first-order chi connectivity index (χ1) is 16.0. The van der Waals surface area contributed by atoms with Crippen molar-refractivity contribution in [2.45, 2.75) is 38.8 Å². The molecular formula is C26H25N5O2. The molecule has 3 atom stereocenters. The van der Waals surface area contributed by atoms with Gasteiger partial charge in [0, 0.05) is 27.7 Å². The summed E-state index contributed by atoms with van der Waals surface area (Å²) in [6.07, 6.45) is 12.2. The van der Waals surface area contributed by atoms with Crippen molar-refractivity contribution < 1.29 is 9.57 Å². The van der Waals surface area contributed by atoms with Gasteiger partial charge in [-0.25, -0.2) is 9.97 Å². The van der Waals surface area contributed by atoms with E-state index in [2.05, 4.69) is 69.9 Å². The molecule has 1 aliphatic carbocycles. The van der Waals surface area contributed by atoms with E-state index < -0.39 is 0 Å². The van der Waals surface area contributed by atoms with Crippen molar-refractivity contribution in [3.8, 4) is 5.75 Å². The molecule has 2 aliphatic heterocycles. The van der Waals surface area contributed by atoms with Crippen molar-refractivity contribution in [2.75, 3.05) is 7.11 Å².